The molecule has 6 heteroatoms. The summed E-state index contributed by atoms with van der Waals surface area (Å²) in [6.45, 7) is 1.70. The van der Waals surface area contributed by atoms with Crippen LogP contribution in [0, 0.1) is 0 Å². The first-order chi connectivity index (χ1) is 9.56. The Kier molecular flexibility index (Phi) is 6.28. The Morgan fingerprint density at radius 1 is 1.09 bits per heavy atom. The molecule has 0 saturated carbocycles. The molecule has 0 aliphatic carbocycles. The number of nitrogen functional groups attached to an aromatic ring is 1. The molecule has 22 heavy (non-hydrogen) atoms. The minimum atomic E-state index is -0.0919. The lowest BCUT2D eigenvalue weighted by atomic mass is 9.84. The fourth-order valence-electron chi connectivity index (χ4n) is 2.92. The van der Waals surface area contributed by atoms with E-state index in [1.54, 1.807) is 6.07 Å². The summed E-state index contributed by atoms with van der Waals surface area (Å²) in [6.07, 6.45) is 0. The molecule has 1 unspecified atom stereocenters. The number of nitrogens with two attached hydrogens (primary N) is 1. The highest BCUT2D eigenvalue weighted by Gasteiger charge is 2.26. The maximum Gasteiger partial charge on any atom is 0.157 e. The normalized spacial score (nSPS) is 17.0. The lowest BCUT2D eigenvalue weighted by Gasteiger charge is -2.33. The van der Waals surface area contributed by atoms with Crippen molar-refractivity contribution in [3.05, 3.63) is 53.1 Å². The molecular formula is C16H20Br2N2O2. The molecule has 1 atom stereocenters. The molecule has 0 aromatic heterocycles. The van der Waals surface area contributed by atoms with Gasteiger partial charge in [-0.3, -0.25) is 0 Å². The Bertz CT molecular complexity index is 665. The van der Waals surface area contributed by atoms with Crippen molar-refractivity contribution in [1.82, 2.24) is 4.90 Å². The molecule has 2 aromatic rings. The zero-order chi connectivity index (χ0) is 14.3. The average Bonchev–Trinajstić information content (AvgIpc) is 2.42. The van der Waals surface area contributed by atoms with E-state index in [4.69, 9.17) is 5.73 Å². The molecule has 0 spiro atoms. The number of nitrogens with zero attached hydrogens (tertiary/aromatic N) is 1. The van der Waals surface area contributed by atoms with Crippen LogP contribution in [0.15, 0.2) is 36.4 Å². The lowest BCUT2D eigenvalue weighted by molar-refractivity contribution is 0.295. The van der Waals surface area contributed by atoms with E-state index >= 15 is 0 Å². The van der Waals surface area contributed by atoms with Crippen LogP contribution in [0.4, 0.5) is 5.69 Å². The van der Waals surface area contributed by atoms with Crippen LogP contribution in [0.25, 0.3) is 0 Å². The van der Waals surface area contributed by atoms with Crippen molar-refractivity contribution >= 4 is 39.7 Å². The van der Waals surface area contributed by atoms with Crippen LogP contribution in [-0.4, -0.2) is 28.7 Å². The van der Waals surface area contributed by atoms with Gasteiger partial charge in [0.25, 0.3) is 0 Å². The summed E-state index contributed by atoms with van der Waals surface area (Å²) in [6, 6.07) is 11.0. The summed E-state index contributed by atoms with van der Waals surface area (Å²) >= 11 is 0. The zero-order valence-corrected chi connectivity index (χ0v) is 15.6. The number of aromatic hydroxyl groups is 2. The van der Waals surface area contributed by atoms with Crippen molar-refractivity contribution in [2.24, 2.45) is 0 Å². The molecule has 0 fully saturated rings. The smallest absolute Gasteiger partial charge is 0.157 e. The zero-order valence-electron chi connectivity index (χ0n) is 12.2. The number of hydrogen-bond acceptors (Lipinski definition) is 4. The first kappa shape index (κ1) is 18.8. The highest BCUT2D eigenvalue weighted by Crippen LogP contribution is 2.38. The monoisotopic (exact) mass is 430 g/mol. The van der Waals surface area contributed by atoms with E-state index in [1.165, 1.54) is 11.6 Å². The van der Waals surface area contributed by atoms with E-state index in [0.717, 1.165) is 29.9 Å². The van der Waals surface area contributed by atoms with Gasteiger partial charge in [0.15, 0.2) is 11.5 Å². The van der Waals surface area contributed by atoms with Gasteiger partial charge >= 0.3 is 0 Å². The Balaban J connectivity index is 0.00000121. The number of fused-ring (bicyclic) bond motifs is 1. The first-order valence-corrected chi connectivity index (χ1v) is 6.64. The van der Waals surface area contributed by atoms with Gasteiger partial charge in [-0.25, -0.2) is 0 Å². The van der Waals surface area contributed by atoms with Crippen LogP contribution in [0.5, 0.6) is 11.5 Å². The number of likely N-dealkylation sites (N-methyl/N-ethyl adjacent to an activating group) is 1. The molecule has 3 rings (SSSR count). The SMILES string of the molecule is Br.Br.CN1Cc2c(N)cccc2C(c2ccc(O)c(O)c2)C1. The van der Waals surface area contributed by atoms with Gasteiger partial charge in [0.1, 0.15) is 0 Å². The maximum atomic E-state index is 9.71. The molecule has 1 aliphatic heterocycles. The van der Waals surface area contributed by atoms with E-state index in [2.05, 4.69) is 18.0 Å². The second-order valence-corrected chi connectivity index (χ2v) is 5.41. The number of halogens is 2. The number of phenols is 2. The third-order valence-corrected chi connectivity index (χ3v) is 3.95. The van der Waals surface area contributed by atoms with Gasteiger partial charge in [0, 0.05) is 24.7 Å². The predicted octanol–water partition coefficient (Wildman–Crippen LogP) is 3.41. The third kappa shape index (κ3) is 3.39. The summed E-state index contributed by atoms with van der Waals surface area (Å²) in [4.78, 5) is 2.22. The Hall–Kier alpha value is -1.24. The molecule has 0 saturated heterocycles. The van der Waals surface area contributed by atoms with E-state index in [-0.39, 0.29) is 51.4 Å². The molecular weight excluding hydrogens is 412 g/mol. The molecule has 4 nitrogen and oxygen atoms in total. The van der Waals surface area contributed by atoms with E-state index in [0.29, 0.717) is 0 Å². The molecule has 0 radical (unpaired) electrons. The van der Waals surface area contributed by atoms with Gasteiger partial charge in [-0.05, 0) is 41.9 Å². The summed E-state index contributed by atoms with van der Waals surface area (Å²) < 4.78 is 0. The highest BCUT2D eigenvalue weighted by atomic mass is 79.9. The number of benzene rings is 2. The molecule has 120 valence electrons. The van der Waals surface area contributed by atoms with Crippen LogP contribution in [0.2, 0.25) is 0 Å². The average molecular weight is 432 g/mol. The van der Waals surface area contributed by atoms with E-state index in [9.17, 15) is 10.2 Å². The van der Waals surface area contributed by atoms with Crippen molar-refractivity contribution in [2.45, 2.75) is 12.5 Å². The van der Waals surface area contributed by atoms with Crippen LogP contribution in [-0.2, 0) is 6.54 Å². The number of anilines is 1. The quantitative estimate of drug-likeness (QED) is 0.478. The standard InChI is InChI=1S/C16H18N2O2.2BrH/c1-18-8-12(10-5-6-15(19)16(20)7-10)11-3-2-4-14(17)13(11)9-18;;/h2-7,12,19-20H,8-9,17H2,1H3;2*1H. The predicted molar refractivity (Wildman–Crippen MR) is 99.4 cm³/mol. The summed E-state index contributed by atoms with van der Waals surface area (Å²) in [5.41, 5.74) is 10.2. The Morgan fingerprint density at radius 2 is 1.82 bits per heavy atom. The van der Waals surface area contributed by atoms with Gasteiger partial charge in [0.05, 0.1) is 0 Å². The fraction of sp³-hybridized carbons (Fsp3) is 0.250. The van der Waals surface area contributed by atoms with Crippen LogP contribution >= 0.6 is 34.0 Å². The van der Waals surface area contributed by atoms with Gasteiger partial charge in [-0.2, -0.15) is 0 Å². The van der Waals surface area contributed by atoms with E-state index < -0.39 is 0 Å². The van der Waals surface area contributed by atoms with Gasteiger partial charge in [-0.15, -0.1) is 34.0 Å². The van der Waals surface area contributed by atoms with Crippen LogP contribution < -0.4 is 5.73 Å². The van der Waals surface area contributed by atoms with Crippen LogP contribution in [0.3, 0.4) is 0 Å². The number of hydrogen-bond donors (Lipinski definition) is 3. The molecule has 0 bridgehead atoms. The molecule has 4 N–H and O–H groups in total. The van der Waals surface area contributed by atoms with E-state index in [1.807, 2.05) is 18.2 Å². The molecule has 2 aromatic carbocycles. The molecule has 0 amide bonds. The fourth-order valence-corrected chi connectivity index (χ4v) is 2.92. The van der Waals surface area contributed by atoms with Gasteiger partial charge in [0.2, 0.25) is 0 Å². The van der Waals surface area contributed by atoms with Crippen molar-refractivity contribution in [2.75, 3.05) is 19.3 Å². The molecule has 1 heterocycles. The van der Waals surface area contributed by atoms with Gasteiger partial charge < -0.3 is 20.8 Å². The maximum absolute atomic E-state index is 9.71. The van der Waals surface area contributed by atoms with Crippen LogP contribution in [0.1, 0.15) is 22.6 Å². The lowest BCUT2D eigenvalue weighted by Crippen LogP contribution is -2.31. The Labute approximate surface area is 151 Å². The largest absolute Gasteiger partial charge is 0.504 e. The second kappa shape index (κ2) is 7.35. The minimum absolute atomic E-state index is 0. The topological polar surface area (TPSA) is 69.7 Å². The molecule has 1 aliphatic rings. The summed E-state index contributed by atoms with van der Waals surface area (Å²) in [5, 5.41) is 19.2. The van der Waals surface area contributed by atoms with Gasteiger partial charge in [-0.1, -0.05) is 18.2 Å². The van der Waals surface area contributed by atoms with Crippen molar-refractivity contribution in [3.63, 3.8) is 0 Å². The first-order valence-electron chi connectivity index (χ1n) is 6.64. The minimum Gasteiger partial charge on any atom is -0.504 e. The third-order valence-electron chi connectivity index (χ3n) is 3.95. The number of phenolic OH excluding ortho intramolecular Hbond substituents is 2. The van der Waals surface area contributed by atoms with Crippen molar-refractivity contribution in [3.8, 4) is 11.5 Å². The summed E-state index contributed by atoms with van der Waals surface area (Å²) in [5.74, 6) is -0.0226. The number of rotatable bonds is 1. The van der Waals surface area contributed by atoms with Crippen molar-refractivity contribution < 1.29 is 10.2 Å². The highest BCUT2D eigenvalue weighted by molar-refractivity contribution is 8.93. The second-order valence-electron chi connectivity index (χ2n) is 5.41. The Morgan fingerprint density at radius 3 is 2.50 bits per heavy atom. The summed E-state index contributed by atoms with van der Waals surface area (Å²) in [7, 11) is 2.06. The van der Waals surface area contributed by atoms with Crippen molar-refractivity contribution in [1.29, 1.82) is 0 Å².